The van der Waals surface area contributed by atoms with Crippen LogP contribution in [-0.2, 0) is 0 Å². The smallest absolute Gasteiger partial charge is 0.235 e. The van der Waals surface area contributed by atoms with E-state index in [1.807, 2.05) is 0 Å². The minimum Gasteiger partial charge on any atom is -0.309 e. The molecule has 0 aliphatic carbocycles. The molecule has 4 heteroatoms. The summed E-state index contributed by atoms with van der Waals surface area (Å²) in [5.41, 5.74) is 13.4. The summed E-state index contributed by atoms with van der Waals surface area (Å²) in [6, 6.07) is 73.8. The van der Waals surface area contributed by atoms with Crippen LogP contribution < -0.4 is 0 Å². The Morgan fingerprint density at radius 3 is 1.60 bits per heavy atom. The van der Waals surface area contributed by atoms with Gasteiger partial charge in [-0.1, -0.05) is 158 Å². The van der Waals surface area contributed by atoms with Gasteiger partial charge in [0.05, 0.1) is 33.3 Å². The zero-order chi connectivity index (χ0) is 38.2. The van der Waals surface area contributed by atoms with Crippen molar-refractivity contribution in [3.63, 3.8) is 0 Å². The Kier molecular flexibility index (Phi) is 7.20. The van der Waals surface area contributed by atoms with Crippen LogP contribution in [0.25, 0.3) is 110 Å². The molecule has 3 heterocycles. The molecule has 0 aliphatic heterocycles. The standard InChI is InChI=1S/C54H34N4/c1-2-13-41(14-3-1)57-48-20-10-7-16-43(48)46-34-40(31-32-50(46)57)37-24-22-35(23-25-37)36-26-28-39(29-27-36)53-44-17-6-9-19-47(44)55-54(56-53)58-49-21-11-8-18-45(49)52-42-15-5-4-12-38(42)30-33-51(52)58/h1-34H. The van der Waals surface area contributed by atoms with Crippen LogP contribution in [0.2, 0.25) is 0 Å². The molecule has 58 heavy (non-hydrogen) atoms. The molecule has 12 rings (SSSR count). The maximum atomic E-state index is 5.35. The van der Waals surface area contributed by atoms with E-state index in [9.17, 15) is 0 Å². The Hall–Kier alpha value is -7.82. The second kappa shape index (κ2) is 12.9. The largest absolute Gasteiger partial charge is 0.309 e. The highest BCUT2D eigenvalue weighted by molar-refractivity contribution is 6.21. The quantitative estimate of drug-likeness (QED) is 0.176. The number of fused-ring (bicyclic) bond motifs is 9. The monoisotopic (exact) mass is 738 g/mol. The lowest BCUT2D eigenvalue weighted by Crippen LogP contribution is -2.03. The molecular weight excluding hydrogens is 705 g/mol. The van der Waals surface area contributed by atoms with E-state index in [1.165, 1.54) is 65.7 Å². The number of aromatic nitrogens is 4. The molecule has 0 saturated carbocycles. The molecule has 0 bridgehead atoms. The summed E-state index contributed by atoms with van der Waals surface area (Å²) in [6.45, 7) is 0. The predicted molar refractivity (Wildman–Crippen MR) is 242 cm³/mol. The van der Waals surface area contributed by atoms with E-state index in [4.69, 9.17) is 9.97 Å². The SMILES string of the molecule is c1ccc(-n2c3ccccc3c3cc(-c4ccc(-c5ccc(-c6nc(-n7c8ccccc8c8c9ccccc9ccc87)nc7ccccc67)cc5)cc4)ccc32)cc1. The van der Waals surface area contributed by atoms with Crippen molar-refractivity contribution in [1.82, 2.24) is 19.1 Å². The molecule has 0 unspecified atom stereocenters. The van der Waals surface area contributed by atoms with Crippen molar-refractivity contribution >= 4 is 65.3 Å². The van der Waals surface area contributed by atoms with Gasteiger partial charge in [0.25, 0.3) is 0 Å². The summed E-state index contributed by atoms with van der Waals surface area (Å²) in [7, 11) is 0. The highest BCUT2D eigenvalue weighted by Gasteiger charge is 2.19. The number of hydrogen-bond donors (Lipinski definition) is 0. The van der Waals surface area contributed by atoms with Gasteiger partial charge in [-0.25, -0.2) is 9.97 Å². The first kappa shape index (κ1) is 32.4. The lowest BCUT2D eigenvalue weighted by molar-refractivity contribution is 1.01. The van der Waals surface area contributed by atoms with E-state index in [0.29, 0.717) is 5.95 Å². The maximum Gasteiger partial charge on any atom is 0.235 e. The zero-order valence-electron chi connectivity index (χ0n) is 31.4. The zero-order valence-corrected chi connectivity index (χ0v) is 31.4. The van der Waals surface area contributed by atoms with Crippen molar-refractivity contribution in [1.29, 1.82) is 0 Å². The van der Waals surface area contributed by atoms with E-state index in [-0.39, 0.29) is 0 Å². The van der Waals surface area contributed by atoms with Gasteiger partial charge in [0.2, 0.25) is 5.95 Å². The van der Waals surface area contributed by atoms with Gasteiger partial charge in [-0.05, 0) is 81.6 Å². The number of rotatable bonds is 5. The van der Waals surface area contributed by atoms with Crippen LogP contribution in [0.15, 0.2) is 206 Å². The van der Waals surface area contributed by atoms with Gasteiger partial charge in [0, 0.05) is 38.2 Å². The molecule has 0 radical (unpaired) electrons. The van der Waals surface area contributed by atoms with Crippen LogP contribution in [0.4, 0.5) is 0 Å². The normalized spacial score (nSPS) is 11.8. The first-order valence-electron chi connectivity index (χ1n) is 19.7. The Morgan fingerprint density at radius 2 is 0.845 bits per heavy atom. The molecule has 3 aromatic heterocycles. The van der Waals surface area contributed by atoms with Crippen LogP contribution in [0.3, 0.4) is 0 Å². The van der Waals surface area contributed by atoms with E-state index in [0.717, 1.165) is 38.8 Å². The van der Waals surface area contributed by atoms with Gasteiger partial charge in [-0.2, -0.15) is 0 Å². The van der Waals surface area contributed by atoms with Gasteiger partial charge in [-0.15, -0.1) is 0 Å². The fourth-order valence-electron chi connectivity index (χ4n) is 9.02. The Morgan fingerprint density at radius 1 is 0.310 bits per heavy atom. The molecule has 0 fully saturated rings. The topological polar surface area (TPSA) is 35.6 Å². The number of nitrogens with zero attached hydrogens (tertiary/aromatic N) is 4. The first-order valence-corrected chi connectivity index (χ1v) is 19.7. The summed E-state index contributed by atoms with van der Waals surface area (Å²) in [4.78, 5) is 10.5. The van der Waals surface area contributed by atoms with Crippen LogP contribution in [-0.4, -0.2) is 19.1 Å². The van der Waals surface area contributed by atoms with Crippen LogP contribution in [0, 0.1) is 0 Å². The van der Waals surface area contributed by atoms with Crippen molar-refractivity contribution < 1.29 is 0 Å². The lowest BCUT2D eigenvalue weighted by Gasteiger charge is -2.12. The maximum absolute atomic E-state index is 5.35. The van der Waals surface area contributed by atoms with Crippen molar-refractivity contribution in [2.45, 2.75) is 0 Å². The Balaban J connectivity index is 0.915. The highest BCUT2D eigenvalue weighted by Crippen LogP contribution is 2.39. The van der Waals surface area contributed by atoms with Crippen molar-refractivity contribution in [3.05, 3.63) is 206 Å². The minimum atomic E-state index is 0.665. The number of hydrogen-bond acceptors (Lipinski definition) is 2. The van der Waals surface area contributed by atoms with Gasteiger partial charge in [0.1, 0.15) is 0 Å². The van der Waals surface area contributed by atoms with Crippen molar-refractivity contribution in [3.8, 4) is 45.1 Å². The molecule has 9 aromatic carbocycles. The summed E-state index contributed by atoms with van der Waals surface area (Å²) < 4.78 is 4.58. The third-order valence-corrected chi connectivity index (χ3v) is 11.8. The molecule has 12 aromatic rings. The molecule has 4 nitrogen and oxygen atoms in total. The van der Waals surface area contributed by atoms with E-state index >= 15 is 0 Å². The second-order valence-corrected chi connectivity index (χ2v) is 15.0. The van der Waals surface area contributed by atoms with Gasteiger partial charge < -0.3 is 4.57 Å². The minimum absolute atomic E-state index is 0.665. The molecule has 270 valence electrons. The van der Waals surface area contributed by atoms with Crippen LogP contribution >= 0.6 is 0 Å². The van der Waals surface area contributed by atoms with Crippen LogP contribution in [0.5, 0.6) is 0 Å². The molecular formula is C54H34N4. The fourth-order valence-corrected chi connectivity index (χ4v) is 9.02. The van der Waals surface area contributed by atoms with Crippen molar-refractivity contribution in [2.75, 3.05) is 0 Å². The first-order chi connectivity index (χ1) is 28.8. The lowest BCUT2D eigenvalue weighted by atomic mass is 9.98. The highest BCUT2D eigenvalue weighted by atomic mass is 15.2. The molecule has 0 aliphatic rings. The molecule has 0 amide bonds. The van der Waals surface area contributed by atoms with Gasteiger partial charge in [0.15, 0.2) is 0 Å². The molecule has 0 saturated heterocycles. The summed E-state index contributed by atoms with van der Waals surface area (Å²) in [6.07, 6.45) is 0. The second-order valence-electron chi connectivity index (χ2n) is 15.0. The molecule has 0 spiro atoms. The summed E-state index contributed by atoms with van der Waals surface area (Å²) in [5.74, 6) is 0.665. The Labute approximate surface area is 334 Å². The van der Waals surface area contributed by atoms with Gasteiger partial charge >= 0.3 is 0 Å². The third kappa shape index (κ3) is 5.02. The molecule has 0 N–H and O–H groups in total. The average molecular weight is 739 g/mol. The number of benzene rings is 9. The van der Waals surface area contributed by atoms with Gasteiger partial charge in [-0.3, -0.25) is 4.57 Å². The summed E-state index contributed by atoms with van der Waals surface area (Å²) >= 11 is 0. The number of para-hydroxylation sites is 4. The summed E-state index contributed by atoms with van der Waals surface area (Å²) in [5, 5.41) is 8.40. The average Bonchev–Trinajstić information content (AvgIpc) is 3.82. The van der Waals surface area contributed by atoms with Crippen molar-refractivity contribution in [2.24, 2.45) is 0 Å². The third-order valence-electron chi connectivity index (χ3n) is 11.8. The van der Waals surface area contributed by atoms with Crippen LogP contribution in [0.1, 0.15) is 0 Å². The predicted octanol–water partition coefficient (Wildman–Crippen LogP) is 14.0. The Bertz CT molecular complexity index is 3540. The van der Waals surface area contributed by atoms with E-state index in [2.05, 4.69) is 215 Å². The fraction of sp³-hybridized carbons (Fsp3) is 0. The van der Waals surface area contributed by atoms with E-state index in [1.54, 1.807) is 0 Å². The van der Waals surface area contributed by atoms with E-state index < -0.39 is 0 Å². The molecule has 0 atom stereocenters.